The highest BCUT2D eigenvalue weighted by atomic mass is 32.2. The number of carbonyl (C=O) groups excluding carboxylic acids is 1. The highest BCUT2D eigenvalue weighted by Crippen LogP contribution is 2.37. The van der Waals surface area contributed by atoms with Gasteiger partial charge in [0.25, 0.3) is 5.56 Å². The van der Waals surface area contributed by atoms with Crippen molar-refractivity contribution in [3.63, 3.8) is 0 Å². The third-order valence-electron chi connectivity index (χ3n) is 5.39. The number of rotatable bonds is 6. The van der Waals surface area contributed by atoms with Crippen LogP contribution in [-0.2, 0) is 24.2 Å². The maximum Gasteiger partial charge on any atom is 0.262 e. The second-order valence-corrected chi connectivity index (χ2v) is 9.63. The summed E-state index contributed by atoms with van der Waals surface area (Å²) in [4.78, 5) is 31.4. The van der Waals surface area contributed by atoms with Gasteiger partial charge < -0.3 is 5.32 Å². The minimum Gasteiger partial charge on any atom is -0.316 e. The lowest BCUT2D eigenvalue weighted by Gasteiger charge is -2.12. The molecular formula is C23H24N4O2S2. The highest BCUT2D eigenvalue weighted by Gasteiger charge is 2.21. The van der Waals surface area contributed by atoms with Gasteiger partial charge in [-0.05, 0) is 49.8 Å². The summed E-state index contributed by atoms with van der Waals surface area (Å²) in [5, 5.41) is 14.4. The summed E-state index contributed by atoms with van der Waals surface area (Å²) in [6.45, 7) is 2.56. The first-order valence-corrected chi connectivity index (χ1v) is 12.4. The van der Waals surface area contributed by atoms with E-state index in [1.54, 1.807) is 10.6 Å². The van der Waals surface area contributed by atoms with Crippen LogP contribution in [0, 0.1) is 11.3 Å². The van der Waals surface area contributed by atoms with Crippen molar-refractivity contribution < 1.29 is 4.79 Å². The summed E-state index contributed by atoms with van der Waals surface area (Å²) in [6.07, 6.45) is 6.08. The molecule has 1 N–H and O–H groups in total. The number of benzene rings is 1. The first-order valence-electron chi connectivity index (χ1n) is 10.6. The van der Waals surface area contributed by atoms with E-state index in [4.69, 9.17) is 0 Å². The number of nitriles is 1. The second kappa shape index (κ2) is 9.67. The maximum atomic E-state index is 12.9. The maximum absolute atomic E-state index is 12.9. The van der Waals surface area contributed by atoms with Gasteiger partial charge in [0, 0.05) is 11.4 Å². The van der Waals surface area contributed by atoms with E-state index in [-0.39, 0.29) is 17.2 Å². The van der Waals surface area contributed by atoms with Crippen LogP contribution in [0.4, 0.5) is 5.00 Å². The molecule has 1 amide bonds. The molecule has 31 heavy (non-hydrogen) atoms. The quantitative estimate of drug-likeness (QED) is 0.332. The molecule has 1 aromatic carbocycles. The Kier molecular flexibility index (Phi) is 6.73. The lowest BCUT2D eigenvalue weighted by molar-refractivity contribution is -0.113. The molecule has 4 rings (SSSR count). The van der Waals surface area contributed by atoms with Crippen LogP contribution in [-0.4, -0.2) is 21.2 Å². The van der Waals surface area contributed by atoms with Gasteiger partial charge in [0.15, 0.2) is 5.16 Å². The number of aryl methyl sites for hydroxylation is 1. The Bertz CT molecular complexity index is 1220. The zero-order valence-corrected chi connectivity index (χ0v) is 19.1. The number of nitrogens with zero attached hydrogens (tertiary/aromatic N) is 3. The third kappa shape index (κ3) is 4.53. The topological polar surface area (TPSA) is 87.8 Å². The molecule has 0 saturated carbocycles. The van der Waals surface area contributed by atoms with Crippen LogP contribution < -0.4 is 10.9 Å². The van der Waals surface area contributed by atoms with Crippen LogP contribution in [0.25, 0.3) is 10.9 Å². The molecule has 0 aliphatic heterocycles. The summed E-state index contributed by atoms with van der Waals surface area (Å²) < 4.78 is 1.65. The van der Waals surface area contributed by atoms with E-state index in [0.29, 0.717) is 33.2 Å². The van der Waals surface area contributed by atoms with E-state index >= 15 is 0 Å². The molecule has 0 radical (unpaired) electrons. The number of thiophene rings is 1. The Morgan fingerprint density at radius 3 is 2.90 bits per heavy atom. The van der Waals surface area contributed by atoms with Gasteiger partial charge in [0.05, 0.1) is 22.2 Å². The number of amides is 1. The average molecular weight is 453 g/mol. The van der Waals surface area contributed by atoms with E-state index in [1.165, 1.54) is 34.4 Å². The standard InChI is InChI=1S/C23H24N4O2S2/c1-2-12-27-22(29)16-9-6-7-10-18(16)25-23(27)30-14-20(28)26-21-17(13-24)15-8-4-3-5-11-19(15)31-21/h6-7,9-10H,2-5,8,11-12,14H2,1H3,(H,26,28). The normalized spacial score (nSPS) is 13.4. The van der Waals surface area contributed by atoms with Crippen LogP contribution >= 0.6 is 23.1 Å². The number of carbonyl (C=O) groups is 1. The number of hydrogen-bond acceptors (Lipinski definition) is 6. The molecule has 1 aliphatic carbocycles. The zero-order valence-electron chi connectivity index (χ0n) is 17.4. The first-order chi connectivity index (χ1) is 15.1. The van der Waals surface area contributed by atoms with Gasteiger partial charge in [-0.25, -0.2) is 4.98 Å². The van der Waals surface area contributed by atoms with Crippen LogP contribution in [0.15, 0.2) is 34.2 Å². The van der Waals surface area contributed by atoms with Crippen molar-refractivity contribution in [2.45, 2.75) is 57.1 Å². The summed E-state index contributed by atoms with van der Waals surface area (Å²) >= 11 is 2.79. The van der Waals surface area contributed by atoms with Gasteiger partial charge in [-0.1, -0.05) is 37.2 Å². The predicted molar refractivity (Wildman–Crippen MR) is 126 cm³/mol. The van der Waals surface area contributed by atoms with Gasteiger partial charge in [0.2, 0.25) is 5.91 Å². The molecular weight excluding hydrogens is 428 g/mol. The fourth-order valence-electron chi connectivity index (χ4n) is 3.92. The summed E-state index contributed by atoms with van der Waals surface area (Å²) in [6, 6.07) is 9.57. The van der Waals surface area contributed by atoms with Crippen molar-refractivity contribution in [3.05, 3.63) is 50.6 Å². The second-order valence-electron chi connectivity index (χ2n) is 7.59. The SMILES string of the molecule is CCCn1c(SCC(=O)Nc2sc3c(c2C#N)CCCCC3)nc2ccccc2c1=O. The molecule has 8 heteroatoms. The monoisotopic (exact) mass is 452 g/mol. The smallest absolute Gasteiger partial charge is 0.262 e. The van der Waals surface area contributed by atoms with Crippen LogP contribution in [0.1, 0.15) is 48.6 Å². The molecule has 6 nitrogen and oxygen atoms in total. The number of nitrogens with one attached hydrogen (secondary N) is 1. The van der Waals surface area contributed by atoms with Crippen molar-refractivity contribution in [3.8, 4) is 6.07 Å². The molecule has 0 saturated heterocycles. The molecule has 2 aromatic heterocycles. The molecule has 0 unspecified atom stereocenters. The molecule has 0 spiro atoms. The molecule has 1 aliphatic rings. The molecule has 3 aromatic rings. The molecule has 0 fully saturated rings. The van der Waals surface area contributed by atoms with Gasteiger partial charge in [-0.3, -0.25) is 14.2 Å². The zero-order chi connectivity index (χ0) is 21.8. The van der Waals surface area contributed by atoms with Gasteiger partial charge in [0.1, 0.15) is 11.1 Å². The van der Waals surface area contributed by atoms with E-state index in [0.717, 1.165) is 37.7 Å². The van der Waals surface area contributed by atoms with Crippen molar-refractivity contribution in [1.82, 2.24) is 9.55 Å². The minimum absolute atomic E-state index is 0.0795. The van der Waals surface area contributed by atoms with E-state index in [1.807, 2.05) is 25.1 Å². The first kappa shape index (κ1) is 21.6. The third-order valence-corrected chi connectivity index (χ3v) is 7.58. The highest BCUT2D eigenvalue weighted by molar-refractivity contribution is 7.99. The van der Waals surface area contributed by atoms with Crippen LogP contribution in [0.2, 0.25) is 0 Å². The molecule has 2 heterocycles. The van der Waals surface area contributed by atoms with Crippen molar-refractivity contribution in [2.75, 3.05) is 11.1 Å². The van der Waals surface area contributed by atoms with Crippen molar-refractivity contribution >= 4 is 44.9 Å². The number of hydrogen-bond donors (Lipinski definition) is 1. The molecule has 0 atom stereocenters. The van der Waals surface area contributed by atoms with Crippen LogP contribution in [0.3, 0.4) is 0 Å². The average Bonchev–Trinajstić information content (AvgIpc) is 2.93. The number of anilines is 1. The van der Waals surface area contributed by atoms with E-state index < -0.39 is 0 Å². The fraction of sp³-hybridized carbons (Fsp3) is 0.391. The lowest BCUT2D eigenvalue weighted by Crippen LogP contribution is -2.24. The summed E-state index contributed by atoms with van der Waals surface area (Å²) in [5.74, 6) is -0.0644. The van der Waals surface area contributed by atoms with Gasteiger partial charge in [-0.15, -0.1) is 11.3 Å². The minimum atomic E-state index is -0.191. The summed E-state index contributed by atoms with van der Waals surface area (Å²) in [7, 11) is 0. The Morgan fingerprint density at radius 2 is 2.10 bits per heavy atom. The number of para-hydroxylation sites is 1. The van der Waals surface area contributed by atoms with Gasteiger partial charge in [-0.2, -0.15) is 5.26 Å². The largest absolute Gasteiger partial charge is 0.316 e. The fourth-order valence-corrected chi connectivity index (χ4v) is 6.00. The van der Waals surface area contributed by atoms with E-state index in [2.05, 4.69) is 16.4 Å². The number of thioether (sulfide) groups is 1. The Labute approximate surface area is 189 Å². The van der Waals surface area contributed by atoms with E-state index in [9.17, 15) is 14.9 Å². The number of fused-ring (bicyclic) bond motifs is 2. The molecule has 0 bridgehead atoms. The van der Waals surface area contributed by atoms with Crippen LogP contribution in [0.5, 0.6) is 0 Å². The Morgan fingerprint density at radius 1 is 1.29 bits per heavy atom. The van der Waals surface area contributed by atoms with Crippen molar-refractivity contribution in [1.29, 1.82) is 5.26 Å². The van der Waals surface area contributed by atoms with Crippen molar-refractivity contribution in [2.24, 2.45) is 0 Å². The number of aromatic nitrogens is 2. The van der Waals surface area contributed by atoms with Gasteiger partial charge >= 0.3 is 0 Å². The molecule has 160 valence electrons. The summed E-state index contributed by atoms with van der Waals surface area (Å²) in [5.41, 5.74) is 2.29. The predicted octanol–water partition coefficient (Wildman–Crippen LogP) is 4.74. The Hall–Kier alpha value is -2.63. The lowest BCUT2D eigenvalue weighted by atomic mass is 10.1. The Balaban J connectivity index is 1.53.